The zero-order valence-electron chi connectivity index (χ0n) is 18.2. The van der Waals surface area contributed by atoms with Crippen LogP contribution in [-0.4, -0.2) is 35.0 Å². The first-order valence-corrected chi connectivity index (χ1v) is 11.3. The predicted octanol–water partition coefficient (Wildman–Crippen LogP) is 4.00. The van der Waals surface area contributed by atoms with Crippen molar-refractivity contribution in [3.63, 3.8) is 0 Å². The molecule has 0 saturated heterocycles. The third-order valence-electron chi connectivity index (χ3n) is 6.13. The Hall–Kier alpha value is -4.12. The fraction of sp³-hybridized carbons (Fsp3) is 0.217. The van der Waals surface area contributed by atoms with Gasteiger partial charge < -0.3 is 9.62 Å². The molecule has 1 saturated carbocycles. The standard InChI is InChI=1S/C23H18ClFN8O2/c24-17-4-6-19(32-12-27-29-30-32)22(23(17)25)15-3-5-18(33(34)11-15)20(7-14-1-2-14)31-10-16(8-28-31)21-9-26-13-35-21/h3-6,8-14,20H,1-2,7H2/t20-/m1/s1. The maximum atomic E-state index is 15.2. The Morgan fingerprint density at radius 3 is 2.80 bits per heavy atom. The smallest absolute Gasteiger partial charge is 0.217 e. The highest BCUT2D eigenvalue weighted by atomic mass is 35.5. The zero-order valence-corrected chi connectivity index (χ0v) is 19.0. The minimum absolute atomic E-state index is 0.0681. The number of halogens is 2. The van der Waals surface area contributed by atoms with Crippen molar-refractivity contribution >= 4 is 11.6 Å². The number of tetrazole rings is 1. The van der Waals surface area contributed by atoms with Gasteiger partial charge in [0.2, 0.25) is 5.69 Å². The van der Waals surface area contributed by atoms with Gasteiger partial charge in [0.05, 0.1) is 39.8 Å². The number of hydrogen-bond donors (Lipinski definition) is 0. The summed E-state index contributed by atoms with van der Waals surface area (Å²) in [7, 11) is 0. The van der Waals surface area contributed by atoms with Crippen molar-refractivity contribution in [2.75, 3.05) is 0 Å². The van der Waals surface area contributed by atoms with Crippen molar-refractivity contribution in [2.24, 2.45) is 5.92 Å². The van der Waals surface area contributed by atoms with Crippen molar-refractivity contribution in [3.8, 4) is 28.1 Å². The molecule has 1 fully saturated rings. The van der Waals surface area contributed by atoms with Crippen LogP contribution in [0.2, 0.25) is 5.02 Å². The lowest BCUT2D eigenvalue weighted by molar-refractivity contribution is -0.615. The molecule has 0 N–H and O–H groups in total. The average molecular weight is 493 g/mol. The summed E-state index contributed by atoms with van der Waals surface area (Å²) in [4.78, 5) is 3.95. The molecule has 12 heteroatoms. The van der Waals surface area contributed by atoms with E-state index in [1.165, 1.54) is 29.7 Å². The predicted molar refractivity (Wildman–Crippen MR) is 122 cm³/mol. The van der Waals surface area contributed by atoms with Crippen LogP contribution in [-0.2, 0) is 0 Å². The molecule has 0 aliphatic heterocycles. The van der Waals surface area contributed by atoms with Gasteiger partial charge in [-0.05, 0) is 41.0 Å². The van der Waals surface area contributed by atoms with Gasteiger partial charge in [-0.25, -0.2) is 9.37 Å². The Morgan fingerprint density at radius 2 is 2.09 bits per heavy atom. The van der Waals surface area contributed by atoms with Crippen LogP contribution in [0.1, 0.15) is 31.0 Å². The number of aromatic nitrogens is 8. The number of oxazole rings is 1. The van der Waals surface area contributed by atoms with Gasteiger partial charge in [0.1, 0.15) is 12.4 Å². The quantitative estimate of drug-likeness (QED) is 0.249. The normalized spacial score (nSPS) is 14.3. The lowest BCUT2D eigenvalue weighted by Crippen LogP contribution is -2.35. The molecule has 1 aliphatic carbocycles. The maximum Gasteiger partial charge on any atom is 0.217 e. The van der Waals surface area contributed by atoms with Gasteiger partial charge in [0, 0.05) is 12.3 Å². The van der Waals surface area contributed by atoms with Gasteiger partial charge in [-0.2, -0.15) is 14.5 Å². The summed E-state index contributed by atoms with van der Waals surface area (Å²) in [5.74, 6) is 0.457. The maximum absolute atomic E-state index is 15.2. The zero-order chi connectivity index (χ0) is 23.9. The average Bonchev–Trinajstić information content (AvgIpc) is 3.31. The summed E-state index contributed by atoms with van der Waals surface area (Å²) >= 11 is 6.06. The fourth-order valence-corrected chi connectivity index (χ4v) is 4.36. The third-order valence-corrected chi connectivity index (χ3v) is 6.43. The summed E-state index contributed by atoms with van der Waals surface area (Å²) in [6, 6.07) is 6.13. The van der Waals surface area contributed by atoms with E-state index in [0.29, 0.717) is 28.6 Å². The number of hydrogen-bond acceptors (Lipinski definition) is 7. The molecule has 35 heavy (non-hydrogen) atoms. The number of rotatable bonds is 7. The molecule has 10 nitrogen and oxygen atoms in total. The van der Waals surface area contributed by atoms with Gasteiger partial charge in [0.25, 0.3) is 0 Å². The van der Waals surface area contributed by atoms with Crippen molar-refractivity contribution in [2.45, 2.75) is 25.3 Å². The molecule has 176 valence electrons. The van der Waals surface area contributed by atoms with Crippen molar-refractivity contribution in [1.82, 2.24) is 35.0 Å². The summed E-state index contributed by atoms with van der Waals surface area (Å²) in [5, 5.41) is 28.8. The molecule has 4 heterocycles. The molecule has 6 rings (SSSR count). The Bertz CT molecular complexity index is 1480. The van der Waals surface area contributed by atoms with Gasteiger partial charge in [0.15, 0.2) is 24.2 Å². The monoisotopic (exact) mass is 492 g/mol. The Kier molecular flexibility index (Phi) is 5.25. The van der Waals surface area contributed by atoms with Gasteiger partial charge in [-0.3, -0.25) is 4.68 Å². The van der Waals surface area contributed by atoms with Crippen LogP contribution >= 0.6 is 11.6 Å². The van der Waals surface area contributed by atoms with Gasteiger partial charge in [-0.15, -0.1) is 5.10 Å². The first kappa shape index (κ1) is 21.4. The molecular formula is C23H18ClFN8O2. The van der Waals surface area contributed by atoms with E-state index in [1.807, 2.05) is 6.20 Å². The van der Waals surface area contributed by atoms with E-state index in [-0.39, 0.29) is 16.6 Å². The second-order valence-electron chi connectivity index (χ2n) is 8.45. The van der Waals surface area contributed by atoms with Crippen LogP contribution in [0.3, 0.4) is 0 Å². The van der Waals surface area contributed by atoms with Crippen LogP contribution in [0.25, 0.3) is 28.1 Å². The third kappa shape index (κ3) is 4.03. The van der Waals surface area contributed by atoms with Crippen molar-refractivity contribution in [3.05, 3.63) is 83.5 Å². The Morgan fingerprint density at radius 1 is 1.20 bits per heavy atom. The van der Waals surface area contributed by atoms with Crippen molar-refractivity contribution < 1.29 is 13.5 Å². The molecule has 0 spiro atoms. The molecule has 0 amide bonds. The highest BCUT2D eigenvalue weighted by molar-refractivity contribution is 6.31. The molecule has 0 unspecified atom stereocenters. The second kappa shape index (κ2) is 8.58. The van der Waals surface area contributed by atoms with E-state index in [4.69, 9.17) is 16.0 Å². The molecule has 0 bridgehead atoms. The summed E-state index contributed by atoms with van der Waals surface area (Å²) in [5.41, 5.74) is 2.11. The van der Waals surface area contributed by atoms with Crippen molar-refractivity contribution in [1.29, 1.82) is 0 Å². The minimum Gasteiger partial charge on any atom is -0.618 e. The molecule has 1 aliphatic rings. The minimum atomic E-state index is -0.661. The SMILES string of the molecule is [O-][n+]1cc(-c2c(-n3cnnn3)ccc(Cl)c2F)ccc1[C@@H](CC1CC1)n1cc(-c2cnco2)cn1. The Balaban J connectivity index is 1.41. The number of nitrogens with zero attached hydrogens (tertiary/aromatic N) is 8. The molecular weight excluding hydrogens is 475 g/mol. The first-order valence-electron chi connectivity index (χ1n) is 11.0. The molecule has 1 atom stereocenters. The van der Waals surface area contributed by atoms with E-state index in [1.54, 1.807) is 35.3 Å². The van der Waals surface area contributed by atoms with E-state index in [2.05, 4.69) is 25.6 Å². The van der Waals surface area contributed by atoms with E-state index >= 15 is 4.39 Å². The van der Waals surface area contributed by atoms with Gasteiger partial charge >= 0.3 is 0 Å². The van der Waals surface area contributed by atoms with Crippen LogP contribution in [0.5, 0.6) is 0 Å². The lowest BCUT2D eigenvalue weighted by atomic mass is 10.0. The summed E-state index contributed by atoms with van der Waals surface area (Å²) in [6.45, 7) is 0. The molecule has 0 radical (unpaired) electrons. The molecule has 1 aromatic carbocycles. The highest BCUT2D eigenvalue weighted by Crippen LogP contribution is 2.39. The van der Waals surface area contributed by atoms with Crippen LogP contribution in [0.4, 0.5) is 4.39 Å². The summed E-state index contributed by atoms with van der Waals surface area (Å²) in [6.07, 6.45) is 12.2. The van der Waals surface area contributed by atoms with Crippen LogP contribution < -0.4 is 4.73 Å². The highest BCUT2D eigenvalue weighted by Gasteiger charge is 2.32. The molecule has 4 aromatic heterocycles. The van der Waals surface area contributed by atoms with Crippen LogP contribution in [0, 0.1) is 16.9 Å². The Labute approximate surface area is 203 Å². The molecule has 5 aromatic rings. The van der Waals surface area contributed by atoms with Crippen LogP contribution in [0.15, 0.2) is 66.2 Å². The summed E-state index contributed by atoms with van der Waals surface area (Å²) < 4.78 is 24.4. The van der Waals surface area contributed by atoms with E-state index in [0.717, 1.165) is 29.6 Å². The lowest BCUT2D eigenvalue weighted by Gasteiger charge is -2.18. The largest absolute Gasteiger partial charge is 0.618 e. The topological polar surface area (TPSA) is 114 Å². The van der Waals surface area contributed by atoms with E-state index in [9.17, 15) is 5.21 Å². The second-order valence-corrected chi connectivity index (χ2v) is 8.86. The first-order chi connectivity index (χ1) is 17.1. The number of benzene rings is 1. The number of pyridine rings is 1. The van der Waals surface area contributed by atoms with Gasteiger partial charge in [-0.1, -0.05) is 24.4 Å². The van der Waals surface area contributed by atoms with E-state index < -0.39 is 5.82 Å². The fourth-order valence-electron chi connectivity index (χ4n) is 4.20.